The minimum Gasteiger partial charge on any atom is -0.382 e. The second-order valence-corrected chi connectivity index (χ2v) is 13.0. The van der Waals surface area contributed by atoms with Crippen LogP contribution in [0, 0.1) is 5.41 Å². The number of hydrogen-bond donors (Lipinski definition) is 5. The van der Waals surface area contributed by atoms with Gasteiger partial charge in [-0.1, -0.05) is 46.8 Å². The standard InChI is InChI=1S/C27H42N8O2.C3H8O2/c1-26(2,3)19-8-10-20(11-9-19)33-25(36)29-15-27(4,5)16-34(6)14-21(37-7)12-13-35-18-32-22-23(28)30-17-31-24(22)35;1-3(2,4)5/h8-11,17-18,21H,12-16H2,1-7H3,(H2,28,30,31)(H2,29,33,36);4-5H,1-2H3. The van der Waals surface area contributed by atoms with Crippen LogP contribution in [0.2, 0.25) is 0 Å². The molecule has 2 amide bonds. The number of amides is 2. The monoisotopic (exact) mass is 586 g/mol. The normalized spacial score (nSPS) is 13.0. The lowest BCUT2D eigenvalue weighted by molar-refractivity contribution is -0.127. The number of methoxy groups -OCH3 is 1. The zero-order valence-corrected chi connectivity index (χ0v) is 26.6. The highest BCUT2D eigenvalue weighted by molar-refractivity contribution is 5.89. The first-order valence-corrected chi connectivity index (χ1v) is 14.1. The quantitative estimate of drug-likeness (QED) is 0.211. The number of fused-ring (bicyclic) bond motifs is 1. The average molecular weight is 587 g/mol. The Hall–Kier alpha value is -3.32. The number of likely N-dealkylation sites (N-methyl/N-ethyl adjacent to an activating group) is 1. The van der Waals surface area contributed by atoms with Crippen LogP contribution in [-0.4, -0.2) is 86.3 Å². The summed E-state index contributed by atoms with van der Waals surface area (Å²) in [6.07, 6.45) is 4.02. The molecule has 1 aromatic carbocycles. The summed E-state index contributed by atoms with van der Waals surface area (Å²) >= 11 is 0. The number of imidazole rings is 1. The summed E-state index contributed by atoms with van der Waals surface area (Å²) in [6, 6.07) is 7.79. The summed E-state index contributed by atoms with van der Waals surface area (Å²) in [4.78, 5) is 27.4. The van der Waals surface area contributed by atoms with Crippen LogP contribution in [0.3, 0.4) is 0 Å². The number of anilines is 2. The number of aromatic nitrogens is 4. The largest absolute Gasteiger partial charge is 0.382 e. The van der Waals surface area contributed by atoms with E-state index in [0.29, 0.717) is 24.4 Å². The highest BCUT2D eigenvalue weighted by Gasteiger charge is 2.23. The molecule has 0 aliphatic carbocycles. The summed E-state index contributed by atoms with van der Waals surface area (Å²) in [7, 11) is 3.81. The zero-order valence-electron chi connectivity index (χ0n) is 26.6. The molecule has 234 valence electrons. The molecular formula is C30H50N8O4. The van der Waals surface area contributed by atoms with Gasteiger partial charge in [0.2, 0.25) is 0 Å². The molecule has 0 aliphatic heterocycles. The molecule has 1 atom stereocenters. The van der Waals surface area contributed by atoms with E-state index < -0.39 is 5.79 Å². The van der Waals surface area contributed by atoms with Crippen LogP contribution in [0.25, 0.3) is 11.2 Å². The molecule has 0 bridgehead atoms. The van der Waals surface area contributed by atoms with Crippen molar-refractivity contribution in [3.63, 3.8) is 0 Å². The lowest BCUT2D eigenvalue weighted by Gasteiger charge is -2.32. The SMILES string of the molecule is CC(C)(O)O.COC(CCn1cnc2c(N)ncnc21)CN(C)CC(C)(C)CNC(=O)Nc1ccc(C(C)(C)C)cc1. The van der Waals surface area contributed by atoms with Crippen LogP contribution in [0.1, 0.15) is 60.5 Å². The highest BCUT2D eigenvalue weighted by atomic mass is 16.5. The fraction of sp³-hybridized carbons (Fsp3) is 0.600. The summed E-state index contributed by atoms with van der Waals surface area (Å²) in [5.41, 5.74) is 9.20. The van der Waals surface area contributed by atoms with E-state index in [-0.39, 0.29) is 23.0 Å². The van der Waals surface area contributed by atoms with Crippen molar-refractivity contribution in [2.75, 3.05) is 44.8 Å². The maximum atomic E-state index is 12.5. The van der Waals surface area contributed by atoms with Crippen LogP contribution in [0.5, 0.6) is 0 Å². The number of ether oxygens (including phenoxy) is 1. The second kappa shape index (κ2) is 14.7. The van der Waals surface area contributed by atoms with Crippen molar-refractivity contribution in [3.05, 3.63) is 42.5 Å². The van der Waals surface area contributed by atoms with Crippen molar-refractivity contribution in [1.29, 1.82) is 0 Å². The van der Waals surface area contributed by atoms with Crippen molar-refractivity contribution < 1.29 is 19.7 Å². The number of nitrogens with zero attached hydrogens (tertiary/aromatic N) is 5. The number of aliphatic hydroxyl groups is 2. The van der Waals surface area contributed by atoms with Crippen molar-refractivity contribution >= 4 is 28.7 Å². The Morgan fingerprint density at radius 2 is 1.69 bits per heavy atom. The van der Waals surface area contributed by atoms with E-state index in [0.717, 1.165) is 30.8 Å². The molecule has 1 unspecified atom stereocenters. The van der Waals surface area contributed by atoms with Gasteiger partial charge in [0.1, 0.15) is 11.8 Å². The molecule has 12 nitrogen and oxygen atoms in total. The Balaban J connectivity index is 0.00000113. The van der Waals surface area contributed by atoms with Gasteiger partial charge in [-0.15, -0.1) is 0 Å². The van der Waals surface area contributed by atoms with Crippen LogP contribution < -0.4 is 16.4 Å². The number of hydrogen-bond acceptors (Lipinski definition) is 9. The molecule has 6 N–H and O–H groups in total. The first-order chi connectivity index (χ1) is 19.4. The van der Waals surface area contributed by atoms with Gasteiger partial charge in [-0.2, -0.15) is 0 Å². The topological polar surface area (TPSA) is 164 Å². The molecule has 12 heteroatoms. The molecule has 3 aromatic rings. The predicted octanol–water partition coefficient (Wildman–Crippen LogP) is 3.60. The van der Waals surface area contributed by atoms with Gasteiger partial charge in [0.25, 0.3) is 0 Å². The van der Waals surface area contributed by atoms with Crippen LogP contribution in [0.15, 0.2) is 36.9 Å². The summed E-state index contributed by atoms with van der Waals surface area (Å²) in [5, 5.41) is 22.1. The third-order valence-electron chi connectivity index (χ3n) is 6.40. The Kier molecular flexibility index (Phi) is 12.2. The Labute approximate surface area is 249 Å². The minimum absolute atomic E-state index is 0.0322. The molecule has 2 heterocycles. The Bertz CT molecular complexity index is 1260. The van der Waals surface area contributed by atoms with Gasteiger partial charge in [-0.3, -0.25) is 0 Å². The molecule has 2 aromatic heterocycles. The number of nitrogens with one attached hydrogen (secondary N) is 2. The van der Waals surface area contributed by atoms with Gasteiger partial charge in [0.05, 0.1) is 12.4 Å². The van der Waals surface area contributed by atoms with Crippen molar-refractivity contribution in [2.45, 2.75) is 78.7 Å². The van der Waals surface area contributed by atoms with Gasteiger partial charge in [-0.25, -0.2) is 19.7 Å². The number of rotatable bonds is 11. The van der Waals surface area contributed by atoms with Gasteiger partial charge in [0, 0.05) is 39.0 Å². The van der Waals surface area contributed by atoms with Gasteiger partial charge < -0.3 is 40.8 Å². The Morgan fingerprint density at radius 1 is 1.07 bits per heavy atom. The summed E-state index contributed by atoms with van der Waals surface area (Å²) in [6.45, 7) is 16.2. The third-order valence-corrected chi connectivity index (χ3v) is 6.40. The number of carbonyl (C=O) groups is 1. The van der Waals surface area contributed by atoms with E-state index in [4.69, 9.17) is 20.7 Å². The fourth-order valence-electron chi connectivity index (χ4n) is 4.38. The van der Waals surface area contributed by atoms with E-state index in [1.807, 2.05) is 16.7 Å². The van der Waals surface area contributed by atoms with E-state index in [2.05, 4.69) is 84.3 Å². The number of nitrogen functional groups attached to an aromatic ring is 1. The van der Waals surface area contributed by atoms with Crippen LogP contribution >= 0.6 is 0 Å². The number of carbonyl (C=O) groups excluding carboxylic acids is 1. The number of nitrogens with two attached hydrogens (primary N) is 1. The molecule has 0 aliphatic rings. The predicted molar refractivity (Wildman–Crippen MR) is 167 cm³/mol. The molecule has 42 heavy (non-hydrogen) atoms. The molecule has 0 spiro atoms. The van der Waals surface area contributed by atoms with Gasteiger partial charge in [0.15, 0.2) is 17.3 Å². The van der Waals surface area contributed by atoms with E-state index in [1.165, 1.54) is 25.7 Å². The van der Waals surface area contributed by atoms with E-state index in [9.17, 15) is 4.79 Å². The molecule has 3 rings (SSSR count). The van der Waals surface area contributed by atoms with Crippen molar-refractivity contribution in [2.24, 2.45) is 5.41 Å². The lowest BCUT2D eigenvalue weighted by atomic mass is 9.87. The molecule has 0 fully saturated rings. The molecule has 0 saturated heterocycles. The summed E-state index contributed by atoms with van der Waals surface area (Å²) < 4.78 is 7.73. The van der Waals surface area contributed by atoms with Crippen LogP contribution in [-0.2, 0) is 16.7 Å². The molecular weight excluding hydrogens is 536 g/mol. The smallest absolute Gasteiger partial charge is 0.319 e. The van der Waals surface area contributed by atoms with Gasteiger partial charge in [-0.05, 0) is 55.8 Å². The third kappa shape index (κ3) is 12.3. The van der Waals surface area contributed by atoms with E-state index in [1.54, 1.807) is 13.4 Å². The molecule has 0 radical (unpaired) electrons. The molecule has 0 saturated carbocycles. The zero-order chi connectivity index (χ0) is 31.7. The first-order valence-electron chi connectivity index (χ1n) is 14.1. The maximum absolute atomic E-state index is 12.5. The maximum Gasteiger partial charge on any atom is 0.319 e. The van der Waals surface area contributed by atoms with Gasteiger partial charge >= 0.3 is 6.03 Å². The number of aryl methyl sites for hydroxylation is 1. The number of benzene rings is 1. The first kappa shape index (κ1) is 34.9. The van der Waals surface area contributed by atoms with E-state index >= 15 is 0 Å². The number of urea groups is 1. The average Bonchev–Trinajstić information content (AvgIpc) is 3.28. The highest BCUT2D eigenvalue weighted by Crippen LogP contribution is 2.23. The second-order valence-electron chi connectivity index (χ2n) is 13.0. The summed E-state index contributed by atoms with van der Waals surface area (Å²) in [5.74, 6) is -1.12. The minimum atomic E-state index is -1.50. The van der Waals surface area contributed by atoms with Crippen molar-refractivity contribution in [1.82, 2.24) is 29.7 Å². The Morgan fingerprint density at radius 3 is 2.26 bits per heavy atom. The van der Waals surface area contributed by atoms with Crippen LogP contribution in [0.4, 0.5) is 16.3 Å². The lowest BCUT2D eigenvalue weighted by Crippen LogP contribution is -2.44. The van der Waals surface area contributed by atoms with Crippen molar-refractivity contribution in [3.8, 4) is 0 Å². The fourth-order valence-corrected chi connectivity index (χ4v) is 4.38.